The number of hydrogen-bond donors (Lipinski definition) is 2. The van der Waals surface area contributed by atoms with E-state index in [2.05, 4.69) is 9.97 Å². The Morgan fingerprint density at radius 2 is 2.06 bits per heavy atom. The number of thioether (sulfide) groups is 1. The molecule has 0 aromatic carbocycles. The van der Waals surface area contributed by atoms with E-state index in [1.54, 1.807) is 7.05 Å². The molecule has 0 aliphatic heterocycles. The molecule has 8 nitrogen and oxygen atoms in total. The number of hydrogen-bond acceptors (Lipinski definition) is 5. The predicted molar refractivity (Wildman–Crippen MR) is 66.5 cm³/mol. The zero-order chi connectivity index (χ0) is 13.4. The van der Waals surface area contributed by atoms with Gasteiger partial charge in [-0.15, -0.1) is 0 Å². The molecule has 0 unspecified atom stereocenters. The zero-order valence-corrected chi connectivity index (χ0v) is 10.6. The van der Waals surface area contributed by atoms with Crippen LogP contribution in [-0.2, 0) is 18.9 Å². The second kappa shape index (κ2) is 4.33. The molecule has 2 aromatic rings. The standard InChI is InChI=1S/C9H11N5O3S/c1-13-5-6(11-9(13)18-3-4(10)15)14(2)8(17)12-7(5)16/h3H2,1-2H3,(H2,10,15)(H,12,16,17). The molecular weight excluding hydrogens is 258 g/mol. The smallest absolute Gasteiger partial charge is 0.329 e. The summed E-state index contributed by atoms with van der Waals surface area (Å²) < 4.78 is 2.77. The highest BCUT2D eigenvalue weighted by atomic mass is 32.2. The molecule has 18 heavy (non-hydrogen) atoms. The van der Waals surface area contributed by atoms with E-state index >= 15 is 0 Å². The molecule has 0 saturated carbocycles. The monoisotopic (exact) mass is 269 g/mol. The first-order valence-corrected chi connectivity index (χ1v) is 5.97. The zero-order valence-electron chi connectivity index (χ0n) is 9.76. The fourth-order valence-electron chi connectivity index (χ4n) is 1.55. The molecule has 0 saturated heterocycles. The van der Waals surface area contributed by atoms with Crippen molar-refractivity contribution in [2.45, 2.75) is 5.16 Å². The van der Waals surface area contributed by atoms with Crippen LogP contribution in [0.2, 0.25) is 0 Å². The number of nitrogens with zero attached hydrogens (tertiary/aromatic N) is 3. The average Bonchev–Trinajstić information content (AvgIpc) is 2.61. The summed E-state index contributed by atoms with van der Waals surface area (Å²) in [6.07, 6.45) is 0. The highest BCUT2D eigenvalue weighted by Crippen LogP contribution is 2.19. The molecule has 0 spiro atoms. The van der Waals surface area contributed by atoms with Crippen molar-refractivity contribution in [2.24, 2.45) is 19.8 Å². The molecule has 2 aromatic heterocycles. The molecule has 2 rings (SSSR count). The molecule has 0 aliphatic carbocycles. The van der Waals surface area contributed by atoms with Gasteiger partial charge in [-0.2, -0.15) is 0 Å². The van der Waals surface area contributed by atoms with Crippen LogP contribution < -0.4 is 17.0 Å². The third-order valence-electron chi connectivity index (χ3n) is 2.44. The molecular formula is C9H11N5O3S. The van der Waals surface area contributed by atoms with Crippen molar-refractivity contribution in [2.75, 3.05) is 5.75 Å². The number of primary amides is 1. The summed E-state index contributed by atoms with van der Waals surface area (Å²) in [5, 5.41) is 0.454. The maximum atomic E-state index is 11.7. The molecule has 3 N–H and O–H groups in total. The van der Waals surface area contributed by atoms with E-state index in [0.29, 0.717) is 5.16 Å². The van der Waals surface area contributed by atoms with Crippen LogP contribution in [0.5, 0.6) is 0 Å². The van der Waals surface area contributed by atoms with E-state index in [0.717, 1.165) is 11.8 Å². The van der Waals surface area contributed by atoms with Crippen molar-refractivity contribution in [3.8, 4) is 0 Å². The first kappa shape index (κ1) is 12.4. The fourth-order valence-corrected chi connectivity index (χ4v) is 2.26. The summed E-state index contributed by atoms with van der Waals surface area (Å²) in [7, 11) is 3.15. The van der Waals surface area contributed by atoms with E-state index in [9.17, 15) is 14.4 Å². The van der Waals surface area contributed by atoms with Crippen LogP contribution in [0.3, 0.4) is 0 Å². The van der Waals surface area contributed by atoms with Crippen LogP contribution in [0.1, 0.15) is 0 Å². The van der Waals surface area contributed by atoms with E-state index in [-0.39, 0.29) is 16.9 Å². The van der Waals surface area contributed by atoms with Gasteiger partial charge in [-0.25, -0.2) is 9.78 Å². The van der Waals surface area contributed by atoms with E-state index < -0.39 is 17.2 Å². The largest absolute Gasteiger partial charge is 0.369 e. The molecule has 0 fully saturated rings. The number of carbonyl (C=O) groups excluding carboxylic acids is 1. The third kappa shape index (κ3) is 1.92. The first-order valence-electron chi connectivity index (χ1n) is 4.98. The van der Waals surface area contributed by atoms with E-state index in [1.807, 2.05) is 0 Å². The number of H-pyrrole nitrogens is 1. The minimum Gasteiger partial charge on any atom is -0.369 e. The fraction of sp³-hybridized carbons (Fsp3) is 0.333. The van der Waals surface area contributed by atoms with Crippen LogP contribution in [-0.4, -0.2) is 30.8 Å². The summed E-state index contributed by atoms with van der Waals surface area (Å²) in [5.74, 6) is -0.418. The Labute approximate surface area is 105 Å². The Morgan fingerprint density at radius 3 is 2.67 bits per heavy atom. The quantitative estimate of drug-likeness (QED) is 0.660. The third-order valence-corrected chi connectivity index (χ3v) is 3.49. The van der Waals surface area contributed by atoms with Gasteiger partial charge in [-0.05, 0) is 0 Å². The van der Waals surface area contributed by atoms with Gasteiger partial charge in [-0.3, -0.25) is 19.1 Å². The molecule has 0 aliphatic rings. The highest BCUT2D eigenvalue weighted by Gasteiger charge is 2.15. The summed E-state index contributed by atoms with van der Waals surface area (Å²) >= 11 is 1.11. The number of imidazole rings is 1. The normalized spacial score (nSPS) is 11.0. The lowest BCUT2D eigenvalue weighted by molar-refractivity contribution is -0.115. The van der Waals surface area contributed by atoms with Crippen molar-refractivity contribution >= 4 is 28.8 Å². The maximum absolute atomic E-state index is 11.7. The number of carbonyl (C=O) groups is 1. The number of nitrogens with two attached hydrogens (primary N) is 1. The molecule has 0 radical (unpaired) electrons. The van der Waals surface area contributed by atoms with Gasteiger partial charge in [0, 0.05) is 14.1 Å². The minimum atomic E-state index is -0.531. The van der Waals surface area contributed by atoms with Crippen molar-refractivity contribution in [1.29, 1.82) is 0 Å². The van der Waals surface area contributed by atoms with Gasteiger partial charge in [0.05, 0.1) is 5.75 Å². The SMILES string of the molecule is Cn1c(SCC(N)=O)nc2c1c(=O)[nH]c(=O)n2C. The van der Waals surface area contributed by atoms with Gasteiger partial charge in [0.15, 0.2) is 16.3 Å². The second-order valence-electron chi connectivity index (χ2n) is 3.70. The summed E-state index contributed by atoms with van der Waals surface area (Å²) in [6.45, 7) is 0. The van der Waals surface area contributed by atoms with E-state index in [4.69, 9.17) is 5.73 Å². The number of aryl methyl sites for hydroxylation is 2. The van der Waals surface area contributed by atoms with Gasteiger partial charge in [0.2, 0.25) is 5.91 Å². The Morgan fingerprint density at radius 1 is 1.39 bits per heavy atom. The van der Waals surface area contributed by atoms with Crippen molar-refractivity contribution < 1.29 is 4.79 Å². The Balaban J connectivity index is 2.66. The average molecular weight is 269 g/mol. The lowest BCUT2D eigenvalue weighted by atomic mass is 10.5. The van der Waals surface area contributed by atoms with Crippen molar-refractivity contribution in [1.82, 2.24) is 19.1 Å². The predicted octanol–water partition coefficient (Wildman–Crippen LogP) is -1.46. The van der Waals surface area contributed by atoms with E-state index in [1.165, 1.54) is 16.2 Å². The molecule has 96 valence electrons. The van der Waals surface area contributed by atoms with Crippen molar-refractivity contribution in [3.05, 3.63) is 20.8 Å². The summed E-state index contributed by atoms with van der Waals surface area (Å²) in [5.41, 5.74) is 4.57. The topological polar surface area (TPSA) is 116 Å². The van der Waals surface area contributed by atoms with Gasteiger partial charge in [0.1, 0.15) is 0 Å². The maximum Gasteiger partial charge on any atom is 0.329 e. The lowest BCUT2D eigenvalue weighted by Gasteiger charge is -1.99. The van der Waals surface area contributed by atoms with Crippen LogP contribution >= 0.6 is 11.8 Å². The van der Waals surface area contributed by atoms with Crippen LogP contribution in [0.25, 0.3) is 11.2 Å². The summed E-state index contributed by atoms with van der Waals surface area (Å²) in [4.78, 5) is 40.2. The Kier molecular flexibility index (Phi) is 2.99. The van der Waals surface area contributed by atoms with Crippen LogP contribution in [0, 0.1) is 0 Å². The summed E-state index contributed by atoms with van der Waals surface area (Å²) in [6, 6.07) is 0. The second-order valence-corrected chi connectivity index (χ2v) is 4.64. The van der Waals surface area contributed by atoms with Crippen LogP contribution in [0.4, 0.5) is 0 Å². The van der Waals surface area contributed by atoms with Gasteiger partial charge in [-0.1, -0.05) is 11.8 Å². The number of aromatic amines is 1. The number of nitrogens with one attached hydrogen (secondary N) is 1. The molecule has 0 atom stereocenters. The molecule has 1 amide bonds. The highest BCUT2D eigenvalue weighted by molar-refractivity contribution is 7.99. The molecule has 2 heterocycles. The Hall–Kier alpha value is -2.03. The molecule has 9 heteroatoms. The first-order chi connectivity index (χ1) is 8.41. The molecule has 0 bridgehead atoms. The Bertz CT molecular complexity index is 741. The minimum absolute atomic E-state index is 0.0585. The van der Waals surface area contributed by atoms with Gasteiger partial charge in [0.25, 0.3) is 5.56 Å². The van der Waals surface area contributed by atoms with Gasteiger partial charge >= 0.3 is 5.69 Å². The number of rotatable bonds is 3. The van der Waals surface area contributed by atoms with Crippen LogP contribution in [0.15, 0.2) is 14.7 Å². The number of aromatic nitrogens is 4. The van der Waals surface area contributed by atoms with Crippen molar-refractivity contribution in [3.63, 3.8) is 0 Å². The van der Waals surface area contributed by atoms with Gasteiger partial charge < -0.3 is 10.3 Å². The number of amides is 1. The lowest BCUT2D eigenvalue weighted by Crippen LogP contribution is -2.29. The number of fused-ring (bicyclic) bond motifs is 1.